The van der Waals surface area contributed by atoms with Gasteiger partial charge in [-0.05, 0) is 31.7 Å². The molecule has 1 heterocycles. The van der Waals surface area contributed by atoms with E-state index in [1.54, 1.807) is 0 Å². The molecule has 1 aliphatic heterocycles. The van der Waals surface area contributed by atoms with Crippen LogP contribution in [0.3, 0.4) is 0 Å². The number of hydrogen-bond acceptors (Lipinski definition) is 3. The first kappa shape index (κ1) is 10.4. The summed E-state index contributed by atoms with van der Waals surface area (Å²) in [6.07, 6.45) is 4.18. The van der Waals surface area contributed by atoms with Gasteiger partial charge in [-0.1, -0.05) is 6.92 Å². The average molecular weight is 198 g/mol. The summed E-state index contributed by atoms with van der Waals surface area (Å²) >= 11 is 0. The van der Waals surface area contributed by atoms with Crippen LogP contribution in [0.25, 0.3) is 0 Å². The first-order chi connectivity index (χ1) is 6.70. The minimum atomic E-state index is 0.380. The molecule has 0 spiro atoms. The number of hydrogen-bond donors (Lipinski definition) is 1. The molecule has 2 aliphatic rings. The minimum Gasteiger partial charge on any atom is -0.381 e. The van der Waals surface area contributed by atoms with Crippen molar-refractivity contribution < 1.29 is 4.74 Å². The van der Waals surface area contributed by atoms with Crippen molar-refractivity contribution >= 4 is 0 Å². The van der Waals surface area contributed by atoms with Crippen LogP contribution in [0.1, 0.15) is 26.2 Å². The van der Waals surface area contributed by atoms with E-state index in [0.29, 0.717) is 18.1 Å². The zero-order valence-corrected chi connectivity index (χ0v) is 9.28. The molecule has 14 heavy (non-hydrogen) atoms. The highest BCUT2D eigenvalue weighted by atomic mass is 16.5. The van der Waals surface area contributed by atoms with E-state index < -0.39 is 0 Å². The Bertz CT molecular complexity index is 192. The van der Waals surface area contributed by atoms with Gasteiger partial charge in [-0.3, -0.25) is 4.90 Å². The zero-order chi connectivity index (χ0) is 10.1. The second-order valence-corrected chi connectivity index (χ2v) is 4.91. The SMILES string of the molecule is COC1CC(N2CCC(C)C(N)C2)C1. The molecule has 82 valence electrons. The maximum atomic E-state index is 6.08. The molecule has 1 aliphatic carbocycles. The number of likely N-dealkylation sites (tertiary alicyclic amines) is 1. The van der Waals surface area contributed by atoms with Crippen LogP contribution in [-0.4, -0.2) is 43.3 Å². The van der Waals surface area contributed by atoms with Crippen molar-refractivity contribution in [3.8, 4) is 0 Å². The summed E-state index contributed by atoms with van der Waals surface area (Å²) in [6.45, 7) is 4.58. The maximum absolute atomic E-state index is 6.08. The van der Waals surface area contributed by atoms with Crippen LogP contribution in [0, 0.1) is 5.92 Å². The minimum absolute atomic E-state index is 0.380. The van der Waals surface area contributed by atoms with Crippen LogP contribution in [-0.2, 0) is 4.74 Å². The Balaban J connectivity index is 1.78. The lowest BCUT2D eigenvalue weighted by atomic mass is 9.84. The van der Waals surface area contributed by atoms with Crippen LogP contribution < -0.4 is 5.73 Å². The summed E-state index contributed by atoms with van der Waals surface area (Å²) in [5, 5.41) is 0. The van der Waals surface area contributed by atoms with Gasteiger partial charge in [-0.15, -0.1) is 0 Å². The summed E-state index contributed by atoms with van der Waals surface area (Å²) in [7, 11) is 1.81. The molecule has 0 aromatic heterocycles. The van der Waals surface area contributed by atoms with Gasteiger partial charge >= 0.3 is 0 Å². The summed E-state index contributed by atoms with van der Waals surface area (Å²) in [4.78, 5) is 2.56. The third-order valence-electron chi connectivity index (χ3n) is 3.97. The molecule has 2 fully saturated rings. The van der Waals surface area contributed by atoms with Gasteiger partial charge in [0.15, 0.2) is 0 Å². The number of methoxy groups -OCH3 is 1. The van der Waals surface area contributed by atoms with E-state index in [9.17, 15) is 0 Å². The summed E-state index contributed by atoms with van der Waals surface area (Å²) in [5.41, 5.74) is 6.08. The molecule has 2 atom stereocenters. The molecule has 2 N–H and O–H groups in total. The molecule has 1 saturated carbocycles. The lowest BCUT2D eigenvalue weighted by Crippen LogP contribution is -2.56. The van der Waals surface area contributed by atoms with Crippen LogP contribution in [0.2, 0.25) is 0 Å². The Hall–Kier alpha value is -0.120. The summed E-state index contributed by atoms with van der Waals surface area (Å²) in [6, 6.07) is 1.13. The van der Waals surface area contributed by atoms with Gasteiger partial charge in [0.2, 0.25) is 0 Å². The Morgan fingerprint density at radius 2 is 2.07 bits per heavy atom. The normalized spacial score (nSPS) is 44.8. The van der Waals surface area contributed by atoms with Gasteiger partial charge in [0, 0.05) is 25.7 Å². The topological polar surface area (TPSA) is 38.5 Å². The first-order valence-electron chi connectivity index (χ1n) is 5.73. The highest BCUT2D eigenvalue weighted by Gasteiger charge is 2.36. The lowest BCUT2D eigenvalue weighted by molar-refractivity contribution is -0.0383. The molecule has 0 radical (unpaired) electrons. The van der Waals surface area contributed by atoms with Gasteiger partial charge in [0.05, 0.1) is 6.10 Å². The second kappa shape index (κ2) is 4.17. The molecule has 0 aromatic rings. The monoisotopic (exact) mass is 198 g/mol. The molecule has 2 unspecified atom stereocenters. The van der Waals surface area contributed by atoms with Crippen LogP contribution in [0.4, 0.5) is 0 Å². The van der Waals surface area contributed by atoms with E-state index in [1.165, 1.54) is 25.8 Å². The van der Waals surface area contributed by atoms with Crippen LogP contribution in [0.5, 0.6) is 0 Å². The molecule has 0 aromatic carbocycles. The maximum Gasteiger partial charge on any atom is 0.0601 e. The van der Waals surface area contributed by atoms with Gasteiger partial charge in [-0.2, -0.15) is 0 Å². The highest BCUT2D eigenvalue weighted by Crippen LogP contribution is 2.30. The van der Waals surface area contributed by atoms with Crippen molar-refractivity contribution in [2.24, 2.45) is 11.7 Å². The Kier molecular flexibility index (Phi) is 3.10. The third-order valence-corrected chi connectivity index (χ3v) is 3.97. The predicted octanol–water partition coefficient (Wildman–Crippen LogP) is 0.833. The van der Waals surface area contributed by atoms with Crippen molar-refractivity contribution in [2.45, 2.75) is 44.4 Å². The van der Waals surface area contributed by atoms with E-state index in [4.69, 9.17) is 10.5 Å². The number of nitrogens with zero attached hydrogens (tertiary/aromatic N) is 1. The standard InChI is InChI=1S/C11H22N2O/c1-8-3-4-13(7-11(8)12)9-5-10(6-9)14-2/h8-11H,3-7,12H2,1-2H3. The molecule has 0 amide bonds. The fraction of sp³-hybridized carbons (Fsp3) is 1.00. The fourth-order valence-corrected chi connectivity index (χ4v) is 2.49. The summed E-state index contributed by atoms with van der Waals surface area (Å²) in [5.74, 6) is 0.699. The zero-order valence-electron chi connectivity index (χ0n) is 9.28. The highest BCUT2D eigenvalue weighted by molar-refractivity contribution is 4.92. The lowest BCUT2D eigenvalue weighted by Gasteiger charge is -2.46. The van der Waals surface area contributed by atoms with E-state index >= 15 is 0 Å². The molecular formula is C11H22N2O. The van der Waals surface area contributed by atoms with Crippen LogP contribution >= 0.6 is 0 Å². The number of ether oxygens (including phenoxy) is 1. The quantitative estimate of drug-likeness (QED) is 0.714. The Morgan fingerprint density at radius 1 is 1.36 bits per heavy atom. The van der Waals surface area contributed by atoms with E-state index in [2.05, 4.69) is 11.8 Å². The number of nitrogens with two attached hydrogens (primary N) is 1. The molecule has 2 rings (SSSR count). The predicted molar refractivity (Wildman–Crippen MR) is 57.1 cm³/mol. The van der Waals surface area contributed by atoms with Crippen LogP contribution in [0.15, 0.2) is 0 Å². The van der Waals surface area contributed by atoms with E-state index in [1.807, 2.05) is 7.11 Å². The molecule has 0 bridgehead atoms. The Labute approximate surface area is 86.6 Å². The van der Waals surface area contributed by atoms with Gasteiger partial charge < -0.3 is 10.5 Å². The first-order valence-corrected chi connectivity index (χ1v) is 5.73. The molecule has 3 nitrogen and oxygen atoms in total. The fourth-order valence-electron chi connectivity index (χ4n) is 2.49. The number of piperidine rings is 1. The van der Waals surface area contributed by atoms with Gasteiger partial charge in [0.25, 0.3) is 0 Å². The van der Waals surface area contributed by atoms with E-state index in [-0.39, 0.29) is 0 Å². The number of rotatable bonds is 2. The van der Waals surface area contributed by atoms with E-state index in [0.717, 1.165) is 12.6 Å². The smallest absolute Gasteiger partial charge is 0.0601 e. The van der Waals surface area contributed by atoms with Crippen molar-refractivity contribution in [1.29, 1.82) is 0 Å². The average Bonchev–Trinajstić information content (AvgIpc) is 2.09. The molecule has 1 saturated heterocycles. The second-order valence-electron chi connectivity index (χ2n) is 4.91. The third kappa shape index (κ3) is 1.95. The van der Waals surface area contributed by atoms with Crippen molar-refractivity contribution in [1.82, 2.24) is 4.90 Å². The van der Waals surface area contributed by atoms with Crippen molar-refractivity contribution in [3.05, 3.63) is 0 Å². The van der Waals surface area contributed by atoms with Gasteiger partial charge in [-0.25, -0.2) is 0 Å². The largest absolute Gasteiger partial charge is 0.381 e. The van der Waals surface area contributed by atoms with Gasteiger partial charge in [0.1, 0.15) is 0 Å². The Morgan fingerprint density at radius 3 is 2.64 bits per heavy atom. The molecular weight excluding hydrogens is 176 g/mol. The molecule has 3 heteroatoms. The van der Waals surface area contributed by atoms with Crippen molar-refractivity contribution in [3.63, 3.8) is 0 Å². The van der Waals surface area contributed by atoms with Crippen molar-refractivity contribution in [2.75, 3.05) is 20.2 Å². The summed E-state index contributed by atoms with van der Waals surface area (Å²) < 4.78 is 5.30.